The van der Waals surface area contributed by atoms with Gasteiger partial charge in [-0.15, -0.1) is 0 Å². The molecular formula is C26H37N3O3. The van der Waals surface area contributed by atoms with Crippen LogP contribution in [0, 0.1) is 17.8 Å². The van der Waals surface area contributed by atoms with E-state index in [-0.39, 0.29) is 35.6 Å². The maximum atomic E-state index is 13.0. The molecule has 0 saturated carbocycles. The van der Waals surface area contributed by atoms with Crippen LogP contribution >= 0.6 is 0 Å². The summed E-state index contributed by atoms with van der Waals surface area (Å²) in [5.74, 6) is 0.689. The molecule has 2 saturated heterocycles. The van der Waals surface area contributed by atoms with Crippen LogP contribution in [0.2, 0.25) is 0 Å². The average Bonchev–Trinajstić information content (AvgIpc) is 2.82. The normalized spacial score (nSPS) is 19.4. The highest BCUT2D eigenvalue weighted by molar-refractivity contribution is 5.92. The quantitative estimate of drug-likeness (QED) is 0.691. The number of hydrogen-bond donors (Lipinski definition) is 1. The summed E-state index contributed by atoms with van der Waals surface area (Å²) in [4.78, 5) is 41.7. The van der Waals surface area contributed by atoms with Crippen molar-refractivity contribution in [3.63, 3.8) is 0 Å². The summed E-state index contributed by atoms with van der Waals surface area (Å²) in [6.45, 7) is 8.75. The summed E-state index contributed by atoms with van der Waals surface area (Å²) in [7, 11) is 0. The predicted octanol–water partition coefficient (Wildman–Crippen LogP) is 3.34. The van der Waals surface area contributed by atoms with Crippen molar-refractivity contribution < 1.29 is 14.4 Å². The van der Waals surface area contributed by atoms with Crippen molar-refractivity contribution in [3.8, 4) is 0 Å². The molecule has 6 heteroatoms. The Kier molecular flexibility index (Phi) is 8.48. The lowest BCUT2D eigenvalue weighted by Crippen LogP contribution is -2.48. The number of rotatable bonds is 6. The van der Waals surface area contributed by atoms with Crippen molar-refractivity contribution in [1.29, 1.82) is 0 Å². The fourth-order valence-electron chi connectivity index (χ4n) is 4.31. The lowest BCUT2D eigenvalue weighted by Gasteiger charge is -2.37. The number of carbonyl (C=O) groups excluding carboxylic acids is 3. The van der Waals surface area contributed by atoms with Gasteiger partial charge in [-0.3, -0.25) is 14.4 Å². The summed E-state index contributed by atoms with van der Waals surface area (Å²) in [5, 5.41) is 3.11. The molecular weight excluding hydrogens is 402 g/mol. The molecule has 2 heterocycles. The first-order chi connectivity index (χ1) is 15.3. The standard InChI is InChI=1S/C26H37N3O3/c1-19(2)20(3)27-25(31)22-11-17-29(18-12-22)26(32)23-13-15-28(16-14-23)24(30)10-9-21-7-5-4-6-8-21/h4-10,19-20,22-23H,11-18H2,1-3H3,(H,27,31). The highest BCUT2D eigenvalue weighted by atomic mass is 16.2. The summed E-state index contributed by atoms with van der Waals surface area (Å²) in [6, 6.07) is 9.94. The van der Waals surface area contributed by atoms with Crippen molar-refractivity contribution in [3.05, 3.63) is 42.0 Å². The average molecular weight is 440 g/mol. The molecule has 174 valence electrons. The second-order valence-electron chi connectivity index (χ2n) is 9.48. The van der Waals surface area contributed by atoms with Gasteiger partial charge in [-0.2, -0.15) is 0 Å². The zero-order valence-electron chi connectivity index (χ0n) is 19.6. The van der Waals surface area contributed by atoms with Crippen LogP contribution in [-0.2, 0) is 14.4 Å². The second-order valence-corrected chi connectivity index (χ2v) is 9.48. The zero-order chi connectivity index (χ0) is 23.1. The molecule has 2 fully saturated rings. The Labute approximate surface area is 192 Å². The minimum atomic E-state index is -0.0245. The molecule has 0 spiro atoms. The van der Waals surface area contributed by atoms with Gasteiger partial charge in [0, 0.05) is 50.1 Å². The van der Waals surface area contributed by atoms with Crippen LogP contribution in [0.5, 0.6) is 0 Å². The van der Waals surface area contributed by atoms with Crippen LogP contribution in [0.1, 0.15) is 52.0 Å². The van der Waals surface area contributed by atoms with Crippen molar-refractivity contribution >= 4 is 23.8 Å². The molecule has 0 aliphatic carbocycles. The third-order valence-electron chi connectivity index (χ3n) is 6.92. The first-order valence-corrected chi connectivity index (χ1v) is 12.0. The van der Waals surface area contributed by atoms with Crippen LogP contribution in [0.4, 0.5) is 0 Å². The molecule has 1 N–H and O–H groups in total. The number of benzene rings is 1. The van der Waals surface area contributed by atoms with E-state index in [0.29, 0.717) is 44.9 Å². The van der Waals surface area contributed by atoms with Crippen molar-refractivity contribution in [2.75, 3.05) is 26.2 Å². The largest absolute Gasteiger partial charge is 0.353 e. The number of amides is 3. The number of carbonyl (C=O) groups is 3. The third kappa shape index (κ3) is 6.44. The Hall–Kier alpha value is -2.63. The molecule has 3 amide bonds. The number of nitrogens with one attached hydrogen (secondary N) is 1. The molecule has 6 nitrogen and oxygen atoms in total. The van der Waals surface area contributed by atoms with E-state index in [0.717, 1.165) is 18.4 Å². The maximum absolute atomic E-state index is 13.0. The van der Waals surface area contributed by atoms with E-state index in [1.807, 2.05) is 53.1 Å². The van der Waals surface area contributed by atoms with Crippen molar-refractivity contribution in [2.45, 2.75) is 52.5 Å². The molecule has 0 bridgehead atoms. The molecule has 1 aromatic rings. The number of piperidine rings is 2. The van der Waals surface area contributed by atoms with Crippen LogP contribution in [-0.4, -0.2) is 59.7 Å². The summed E-state index contributed by atoms with van der Waals surface area (Å²) in [5.41, 5.74) is 1.00. The van der Waals surface area contributed by atoms with E-state index >= 15 is 0 Å². The SMILES string of the molecule is CC(C)C(C)NC(=O)C1CCN(C(=O)C2CCN(C(=O)C=Cc3ccccc3)CC2)CC1. The van der Waals surface area contributed by atoms with Gasteiger partial charge in [0.25, 0.3) is 0 Å². The Morgan fingerprint density at radius 3 is 2.03 bits per heavy atom. The minimum absolute atomic E-state index is 0.00204. The monoisotopic (exact) mass is 439 g/mol. The van der Waals surface area contributed by atoms with Gasteiger partial charge in [-0.25, -0.2) is 0 Å². The molecule has 2 aliphatic rings. The number of hydrogen-bond acceptors (Lipinski definition) is 3. The van der Waals surface area contributed by atoms with Gasteiger partial charge in [0.2, 0.25) is 17.7 Å². The lowest BCUT2D eigenvalue weighted by atomic mass is 9.91. The Balaban J connectivity index is 1.41. The van der Waals surface area contributed by atoms with E-state index in [1.165, 1.54) is 0 Å². The fraction of sp³-hybridized carbons (Fsp3) is 0.577. The molecule has 1 atom stereocenters. The molecule has 0 radical (unpaired) electrons. The van der Waals surface area contributed by atoms with Gasteiger partial charge in [-0.05, 0) is 50.2 Å². The Bertz CT molecular complexity index is 805. The van der Waals surface area contributed by atoms with Gasteiger partial charge in [0.15, 0.2) is 0 Å². The fourth-order valence-corrected chi connectivity index (χ4v) is 4.31. The molecule has 2 aliphatic heterocycles. The van der Waals surface area contributed by atoms with Gasteiger partial charge in [0.05, 0.1) is 0 Å². The highest BCUT2D eigenvalue weighted by Gasteiger charge is 2.33. The van der Waals surface area contributed by atoms with Crippen LogP contribution < -0.4 is 5.32 Å². The van der Waals surface area contributed by atoms with E-state index in [4.69, 9.17) is 0 Å². The predicted molar refractivity (Wildman–Crippen MR) is 127 cm³/mol. The topological polar surface area (TPSA) is 69.7 Å². The van der Waals surface area contributed by atoms with Gasteiger partial charge < -0.3 is 15.1 Å². The Morgan fingerprint density at radius 2 is 1.44 bits per heavy atom. The first-order valence-electron chi connectivity index (χ1n) is 12.0. The van der Waals surface area contributed by atoms with E-state index < -0.39 is 0 Å². The number of nitrogens with zero attached hydrogens (tertiary/aromatic N) is 2. The number of likely N-dealkylation sites (tertiary alicyclic amines) is 2. The van der Waals surface area contributed by atoms with Gasteiger partial charge >= 0.3 is 0 Å². The van der Waals surface area contributed by atoms with Crippen LogP contribution in [0.15, 0.2) is 36.4 Å². The highest BCUT2D eigenvalue weighted by Crippen LogP contribution is 2.24. The Morgan fingerprint density at radius 1 is 0.875 bits per heavy atom. The molecule has 32 heavy (non-hydrogen) atoms. The lowest BCUT2D eigenvalue weighted by molar-refractivity contribution is -0.142. The van der Waals surface area contributed by atoms with Gasteiger partial charge in [-0.1, -0.05) is 44.2 Å². The van der Waals surface area contributed by atoms with Crippen LogP contribution in [0.3, 0.4) is 0 Å². The second kappa shape index (κ2) is 11.3. The molecule has 1 aromatic carbocycles. The van der Waals surface area contributed by atoms with E-state index in [2.05, 4.69) is 19.2 Å². The maximum Gasteiger partial charge on any atom is 0.246 e. The van der Waals surface area contributed by atoms with Crippen molar-refractivity contribution in [1.82, 2.24) is 15.1 Å². The van der Waals surface area contributed by atoms with Crippen molar-refractivity contribution in [2.24, 2.45) is 17.8 Å². The third-order valence-corrected chi connectivity index (χ3v) is 6.92. The van der Waals surface area contributed by atoms with Crippen LogP contribution in [0.25, 0.3) is 6.08 Å². The summed E-state index contributed by atoms with van der Waals surface area (Å²) in [6.07, 6.45) is 6.31. The molecule has 1 unspecified atom stereocenters. The van der Waals surface area contributed by atoms with Gasteiger partial charge in [0.1, 0.15) is 0 Å². The minimum Gasteiger partial charge on any atom is -0.353 e. The first kappa shape index (κ1) is 24.0. The molecule has 0 aromatic heterocycles. The summed E-state index contributed by atoms with van der Waals surface area (Å²) < 4.78 is 0. The van der Waals surface area contributed by atoms with E-state index in [9.17, 15) is 14.4 Å². The summed E-state index contributed by atoms with van der Waals surface area (Å²) >= 11 is 0. The zero-order valence-corrected chi connectivity index (χ0v) is 19.6. The smallest absolute Gasteiger partial charge is 0.246 e. The molecule has 3 rings (SSSR count). The van der Waals surface area contributed by atoms with E-state index in [1.54, 1.807) is 6.08 Å².